The third-order valence-corrected chi connectivity index (χ3v) is 6.06. The van der Waals surface area contributed by atoms with Gasteiger partial charge in [-0.15, -0.1) is 0 Å². The second-order valence-electron chi connectivity index (χ2n) is 8.64. The first-order valence-corrected chi connectivity index (χ1v) is 11.4. The highest BCUT2D eigenvalue weighted by molar-refractivity contribution is 6.08. The lowest BCUT2D eigenvalue weighted by Crippen LogP contribution is -2.18. The number of hydrogen-bond acceptors (Lipinski definition) is 6. The zero-order valence-corrected chi connectivity index (χ0v) is 20.5. The van der Waals surface area contributed by atoms with Crippen LogP contribution in [-0.4, -0.2) is 25.9 Å². The summed E-state index contributed by atoms with van der Waals surface area (Å²) in [7, 11) is 1.39. The summed E-state index contributed by atoms with van der Waals surface area (Å²) in [5.41, 5.74) is 5.52. The van der Waals surface area contributed by atoms with Crippen LogP contribution in [0.4, 0.5) is 14.5 Å². The molecule has 0 aliphatic carbocycles. The number of carbonyl (C=O) groups is 2. The Bertz CT molecular complexity index is 1910. The van der Waals surface area contributed by atoms with E-state index in [2.05, 4.69) is 10.3 Å². The summed E-state index contributed by atoms with van der Waals surface area (Å²) in [6.45, 7) is 1.63. The van der Waals surface area contributed by atoms with Crippen LogP contribution in [0.25, 0.3) is 27.8 Å². The first-order chi connectivity index (χ1) is 18.6. The average molecular weight is 528 g/mol. The maximum absolute atomic E-state index is 15.8. The van der Waals surface area contributed by atoms with Crippen molar-refractivity contribution >= 4 is 23.0 Å². The Morgan fingerprint density at radius 2 is 1.79 bits per heavy atom. The third kappa shape index (κ3) is 4.31. The number of benzene rings is 2. The topological polar surface area (TPSA) is 148 Å². The van der Waals surface area contributed by atoms with E-state index in [4.69, 9.17) is 10.3 Å². The molecule has 5 aromatic rings. The van der Waals surface area contributed by atoms with E-state index in [0.29, 0.717) is 16.8 Å². The molecule has 0 spiro atoms. The number of nitrogens with one attached hydrogen (secondary N) is 1. The molecule has 0 unspecified atom stereocenters. The summed E-state index contributed by atoms with van der Waals surface area (Å²) in [6.07, 6.45) is 3.04. The van der Waals surface area contributed by atoms with Crippen LogP contribution < -0.4 is 16.6 Å². The number of halogens is 2. The van der Waals surface area contributed by atoms with Crippen LogP contribution in [0, 0.1) is 29.9 Å². The number of primary amides is 1. The molecular formula is C27H18F2N6O4. The molecule has 2 aromatic carbocycles. The van der Waals surface area contributed by atoms with E-state index >= 15 is 4.39 Å². The first-order valence-electron chi connectivity index (χ1n) is 11.4. The van der Waals surface area contributed by atoms with Gasteiger partial charge in [0.25, 0.3) is 17.4 Å². The van der Waals surface area contributed by atoms with E-state index < -0.39 is 34.6 Å². The van der Waals surface area contributed by atoms with Crippen molar-refractivity contribution in [3.63, 3.8) is 0 Å². The zero-order valence-electron chi connectivity index (χ0n) is 20.5. The van der Waals surface area contributed by atoms with Gasteiger partial charge in [0.1, 0.15) is 23.0 Å². The van der Waals surface area contributed by atoms with Crippen LogP contribution in [-0.2, 0) is 7.05 Å². The molecule has 2 amide bonds. The molecule has 0 aliphatic rings. The van der Waals surface area contributed by atoms with Crippen LogP contribution >= 0.6 is 0 Å². The predicted molar refractivity (Wildman–Crippen MR) is 136 cm³/mol. The first kappa shape index (κ1) is 25.1. The molecule has 0 atom stereocenters. The number of carbonyl (C=O) groups excluding carboxylic acids is 2. The summed E-state index contributed by atoms with van der Waals surface area (Å²) < 4.78 is 37.1. The van der Waals surface area contributed by atoms with Crippen LogP contribution in [0.15, 0.2) is 64.2 Å². The summed E-state index contributed by atoms with van der Waals surface area (Å²) >= 11 is 0. The maximum atomic E-state index is 15.8. The number of nitrogens with zero attached hydrogens (tertiary/aromatic N) is 4. The molecule has 0 bridgehead atoms. The second-order valence-corrected chi connectivity index (χ2v) is 8.64. The lowest BCUT2D eigenvalue weighted by Gasteiger charge is -2.09. The molecule has 194 valence electrons. The largest absolute Gasteiger partial charge is 0.366 e. The molecule has 0 radical (unpaired) electrons. The van der Waals surface area contributed by atoms with Crippen LogP contribution in [0.3, 0.4) is 0 Å². The van der Waals surface area contributed by atoms with E-state index in [1.54, 1.807) is 37.4 Å². The third-order valence-electron chi connectivity index (χ3n) is 6.06. The number of aromatic nitrogens is 3. The van der Waals surface area contributed by atoms with Gasteiger partial charge in [-0.05, 0) is 36.2 Å². The predicted octanol–water partition coefficient (Wildman–Crippen LogP) is 3.77. The van der Waals surface area contributed by atoms with Gasteiger partial charge in [0, 0.05) is 30.7 Å². The highest BCUT2D eigenvalue weighted by atomic mass is 19.1. The second kappa shape index (κ2) is 9.38. The Balaban J connectivity index is 1.54. The van der Waals surface area contributed by atoms with Crippen molar-refractivity contribution < 1.29 is 22.9 Å². The van der Waals surface area contributed by atoms with Crippen molar-refractivity contribution in [1.82, 2.24) is 14.1 Å². The van der Waals surface area contributed by atoms with Crippen molar-refractivity contribution in [3.05, 3.63) is 99.6 Å². The number of fused-ring (bicyclic) bond motifs is 1. The molecule has 0 saturated carbocycles. The van der Waals surface area contributed by atoms with Gasteiger partial charge in [0.05, 0.1) is 11.3 Å². The molecule has 0 saturated heterocycles. The number of rotatable bonds is 5. The fraction of sp³-hybridized carbons (Fsp3) is 0.0741. The van der Waals surface area contributed by atoms with Crippen molar-refractivity contribution in [2.75, 3.05) is 5.32 Å². The minimum absolute atomic E-state index is 0.0709. The van der Waals surface area contributed by atoms with Gasteiger partial charge >= 0.3 is 0 Å². The average Bonchev–Trinajstić information content (AvgIpc) is 3.39. The van der Waals surface area contributed by atoms with Crippen LogP contribution in [0.1, 0.15) is 32.3 Å². The summed E-state index contributed by atoms with van der Waals surface area (Å²) in [4.78, 5) is 41.1. The Morgan fingerprint density at radius 3 is 2.46 bits per heavy atom. The molecule has 5 rings (SSSR count). The van der Waals surface area contributed by atoms with Gasteiger partial charge in [0.2, 0.25) is 5.76 Å². The fourth-order valence-electron chi connectivity index (χ4n) is 4.26. The molecular weight excluding hydrogens is 510 g/mol. The van der Waals surface area contributed by atoms with Crippen molar-refractivity contribution in [2.24, 2.45) is 12.8 Å². The number of nitrogens with two attached hydrogens (primary N) is 1. The lowest BCUT2D eigenvalue weighted by molar-refractivity contribution is 0.0992. The summed E-state index contributed by atoms with van der Waals surface area (Å²) in [6, 6.07) is 11.4. The molecule has 39 heavy (non-hydrogen) atoms. The van der Waals surface area contributed by atoms with E-state index in [9.17, 15) is 24.0 Å². The lowest BCUT2D eigenvalue weighted by atomic mass is 10.0. The monoisotopic (exact) mass is 528 g/mol. The zero-order chi connectivity index (χ0) is 28.0. The van der Waals surface area contributed by atoms with Crippen molar-refractivity contribution in [1.29, 1.82) is 5.26 Å². The van der Waals surface area contributed by atoms with E-state index in [1.165, 1.54) is 23.7 Å². The SMILES string of the molecule is Cc1cn2cc(-c3ccc(-c4c(C#N)on(C)c4=O)cc3)c(F)c2c(C(=O)Nc2ccc(F)c(C(N)=O)c2)n1. The van der Waals surface area contributed by atoms with Gasteiger partial charge < -0.3 is 20.0 Å². The van der Waals surface area contributed by atoms with Gasteiger partial charge in [-0.1, -0.05) is 24.3 Å². The smallest absolute Gasteiger partial charge is 0.291 e. The maximum Gasteiger partial charge on any atom is 0.291 e. The van der Waals surface area contributed by atoms with Crippen molar-refractivity contribution in [2.45, 2.75) is 6.92 Å². The molecule has 0 fully saturated rings. The molecule has 3 heterocycles. The Labute approximate surface area is 218 Å². The van der Waals surface area contributed by atoms with E-state index in [0.717, 1.165) is 16.9 Å². The Morgan fingerprint density at radius 1 is 1.10 bits per heavy atom. The summed E-state index contributed by atoms with van der Waals surface area (Å²) in [5, 5.41) is 11.8. The minimum Gasteiger partial charge on any atom is -0.366 e. The fourth-order valence-corrected chi connectivity index (χ4v) is 4.26. The standard InChI is InChI=1S/C27H18F2N6O4/c1-13-11-35-12-18(14-3-5-15(6-4-14)21-20(10-30)39-34(2)27(21)38)22(29)24(35)23(32-13)26(37)33-16-7-8-19(28)17(9-16)25(31)36/h3-9,11-12H,1-2H3,(H2,31,36)(H,33,37). The van der Waals surface area contributed by atoms with Crippen LogP contribution in [0.2, 0.25) is 0 Å². The molecule has 12 heteroatoms. The van der Waals surface area contributed by atoms with Gasteiger partial charge in [-0.25, -0.2) is 13.8 Å². The Hall–Kier alpha value is -5.57. The quantitative estimate of drug-likeness (QED) is 0.355. The number of aryl methyl sites for hydroxylation is 2. The van der Waals surface area contributed by atoms with Gasteiger partial charge in [-0.2, -0.15) is 10.0 Å². The van der Waals surface area contributed by atoms with Crippen molar-refractivity contribution in [3.8, 4) is 28.3 Å². The van der Waals surface area contributed by atoms with Crippen LogP contribution in [0.5, 0.6) is 0 Å². The molecule has 10 nitrogen and oxygen atoms in total. The highest BCUT2D eigenvalue weighted by Crippen LogP contribution is 2.31. The number of nitriles is 1. The normalized spacial score (nSPS) is 10.9. The molecule has 3 aromatic heterocycles. The van der Waals surface area contributed by atoms with E-state index in [-0.39, 0.29) is 33.8 Å². The highest BCUT2D eigenvalue weighted by Gasteiger charge is 2.23. The number of hydrogen-bond donors (Lipinski definition) is 2. The Kier molecular flexibility index (Phi) is 6.04. The number of anilines is 1. The molecule has 0 aliphatic heterocycles. The van der Waals surface area contributed by atoms with Gasteiger partial charge in [-0.3, -0.25) is 14.4 Å². The number of amides is 2. The minimum atomic E-state index is -1.01. The summed E-state index contributed by atoms with van der Waals surface area (Å²) in [5.74, 6) is -3.51. The molecule has 3 N–H and O–H groups in total. The van der Waals surface area contributed by atoms with E-state index in [1.807, 2.05) is 6.07 Å². The van der Waals surface area contributed by atoms with Gasteiger partial charge in [0.15, 0.2) is 11.5 Å².